The van der Waals surface area contributed by atoms with Gasteiger partial charge in [-0.25, -0.2) is 4.39 Å². The first-order valence-corrected chi connectivity index (χ1v) is 6.40. The lowest BCUT2D eigenvalue weighted by Crippen LogP contribution is -2.04. The Labute approximate surface area is 118 Å². The average Bonchev–Trinajstić information content (AvgIpc) is 2.46. The van der Waals surface area contributed by atoms with E-state index in [9.17, 15) is 4.39 Å². The molecule has 2 aromatic rings. The molecule has 4 heteroatoms. The lowest BCUT2D eigenvalue weighted by Gasteiger charge is -2.15. The number of hydrogen-bond donors (Lipinski definition) is 1. The van der Waals surface area contributed by atoms with Crippen LogP contribution in [0.4, 0.5) is 4.39 Å². The Bertz CT molecular complexity index is 599. The van der Waals surface area contributed by atoms with Crippen LogP contribution in [0, 0.1) is 5.82 Å². The highest BCUT2D eigenvalue weighted by Crippen LogP contribution is 2.39. The molecule has 0 spiro atoms. The maximum Gasteiger partial charge on any atom is 0.168 e. The van der Waals surface area contributed by atoms with Crippen molar-refractivity contribution in [2.24, 2.45) is 5.73 Å². The van der Waals surface area contributed by atoms with Crippen LogP contribution in [0.2, 0.25) is 0 Å². The highest BCUT2D eigenvalue weighted by Gasteiger charge is 2.14. The summed E-state index contributed by atoms with van der Waals surface area (Å²) in [5, 5.41) is 0. The van der Waals surface area contributed by atoms with Gasteiger partial charge in [-0.2, -0.15) is 0 Å². The number of nitrogens with two attached hydrogens (primary N) is 1. The molecule has 0 aliphatic carbocycles. The van der Waals surface area contributed by atoms with E-state index in [1.165, 1.54) is 12.1 Å². The van der Waals surface area contributed by atoms with Crippen molar-refractivity contribution in [2.45, 2.75) is 6.42 Å². The Balaban J connectivity index is 2.62. The van der Waals surface area contributed by atoms with Crippen LogP contribution in [0.3, 0.4) is 0 Å². The van der Waals surface area contributed by atoms with Crippen LogP contribution in [0.25, 0.3) is 11.1 Å². The van der Waals surface area contributed by atoms with Crippen LogP contribution in [0.5, 0.6) is 11.5 Å². The zero-order chi connectivity index (χ0) is 14.5. The second-order valence-electron chi connectivity index (χ2n) is 4.43. The van der Waals surface area contributed by atoms with E-state index in [4.69, 9.17) is 15.2 Å². The fourth-order valence-corrected chi connectivity index (χ4v) is 2.20. The number of halogens is 1. The quantitative estimate of drug-likeness (QED) is 0.912. The highest BCUT2D eigenvalue weighted by molar-refractivity contribution is 5.75. The molecular formula is C16H18FNO2. The predicted molar refractivity (Wildman–Crippen MR) is 77.7 cm³/mol. The summed E-state index contributed by atoms with van der Waals surface area (Å²) in [6.45, 7) is 0.540. The van der Waals surface area contributed by atoms with Gasteiger partial charge >= 0.3 is 0 Å². The summed E-state index contributed by atoms with van der Waals surface area (Å²) >= 11 is 0. The zero-order valence-corrected chi connectivity index (χ0v) is 11.7. The summed E-state index contributed by atoms with van der Waals surface area (Å²) < 4.78 is 24.2. The van der Waals surface area contributed by atoms with Crippen molar-refractivity contribution in [1.29, 1.82) is 0 Å². The van der Waals surface area contributed by atoms with E-state index in [-0.39, 0.29) is 5.82 Å². The summed E-state index contributed by atoms with van der Waals surface area (Å²) in [5.74, 6) is 0.935. The molecule has 0 radical (unpaired) electrons. The molecule has 0 atom stereocenters. The van der Waals surface area contributed by atoms with Crippen molar-refractivity contribution in [2.75, 3.05) is 20.8 Å². The van der Waals surface area contributed by atoms with E-state index in [0.29, 0.717) is 18.0 Å². The molecule has 2 rings (SSSR count). The summed E-state index contributed by atoms with van der Waals surface area (Å²) in [6.07, 6.45) is 0.725. The molecule has 3 nitrogen and oxygen atoms in total. The smallest absolute Gasteiger partial charge is 0.168 e. The minimum atomic E-state index is -0.284. The molecule has 0 saturated carbocycles. The van der Waals surface area contributed by atoms with Crippen molar-refractivity contribution in [3.05, 3.63) is 47.8 Å². The molecule has 0 amide bonds. The van der Waals surface area contributed by atoms with Crippen molar-refractivity contribution in [1.82, 2.24) is 0 Å². The summed E-state index contributed by atoms with van der Waals surface area (Å²) in [6, 6.07) is 10.3. The SMILES string of the molecule is COc1cc(CCN)cc(-c2cccc(F)c2)c1OC. The molecule has 2 aromatic carbocycles. The van der Waals surface area contributed by atoms with Crippen molar-refractivity contribution < 1.29 is 13.9 Å². The van der Waals surface area contributed by atoms with Gasteiger partial charge in [0.05, 0.1) is 14.2 Å². The van der Waals surface area contributed by atoms with E-state index < -0.39 is 0 Å². The largest absolute Gasteiger partial charge is 0.493 e. The van der Waals surface area contributed by atoms with Gasteiger partial charge in [0.1, 0.15) is 5.82 Å². The highest BCUT2D eigenvalue weighted by atomic mass is 19.1. The molecule has 0 unspecified atom stereocenters. The van der Waals surface area contributed by atoms with Crippen LogP contribution < -0.4 is 15.2 Å². The molecular weight excluding hydrogens is 257 g/mol. The Hall–Kier alpha value is -2.07. The lowest BCUT2D eigenvalue weighted by atomic mass is 9.99. The van der Waals surface area contributed by atoms with Gasteiger partial charge in [-0.05, 0) is 48.4 Å². The zero-order valence-electron chi connectivity index (χ0n) is 11.7. The van der Waals surface area contributed by atoms with Gasteiger partial charge in [0.25, 0.3) is 0 Å². The number of hydrogen-bond acceptors (Lipinski definition) is 3. The van der Waals surface area contributed by atoms with E-state index in [1.54, 1.807) is 20.3 Å². The molecule has 0 bridgehead atoms. The fraction of sp³-hybridized carbons (Fsp3) is 0.250. The molecule has 106 valence electrons. The Morgan fingerprint density at radius 3 is 2.50 bits per heavy atom. The first kappa shape index (κ1) is 14.3. The minimum absolute atomic E-state index is 0.284. The van der Waals surface area contributed by atoms with Gasteiger partial charge in [-0.1, -0.05) is 12.1 Å². The number of benzene rings is 2. The lowest BCUT2D eigenvalue weighted by molar-refractivity contribution is 0.355. The number of methoxy groups -OCH3 is 2. The van der Waals surface area contributed by atoms with E-state index in [0.717, 1.165) is 23.1 Å². The molecule has 20 heavy (non-hydrogen) atoms. The maximum atomic E-state index is 13.4. The third-order valence-electron chi connectivity index (χ3n) is 3.11. The summed E-state index contributed by atoms with van der Waals surface area (Å²) in [5.41, 5.74) is 8.19. The third kappa shape index (κ3) is 2.91. The second kappa shape index (κ2) is 6.39. The van der Waals surface area contributed by atoms with Crippen LogP contribution in [-0.4, -0.2) is 20.8 Å². The van der Waals surface area contributed by atoms with Crippen LogP contribution >= 0.6 is 0 Å². The van der Waals surface area contributed by atoms with E-state index >= 15 is 0 Å². The van der Waals surface area contributed by atoms with Gasteiger partial charge in [0.2, 0.25) is 0 Å². The predicted octanol–water partition coefficient (Wildman–Crippen LogP) is 3.01. The average molecular weight is 275 g/mol. The summed E-state index contributed by atoms with van der Waals surface area (Å²) in [4.78, 5) is 0. The Morgan fingerprint density at radius 2 is 1.90 bits per heavy atom. The molecule has 0 fully saturated rings. The number of ether oxygens (including phenoxy) is 2. The van der Waals surface area contributed by atoms with E-state index in [1.807, 2.05) is 18.2 Å². The van der Waals surface area contributed by atoms with Gasteiger partial charge in [0.15, 0.2) is 11.5 Å². The fourth-order valence-electron chi connectivity index (χ4n) is 2.20. The molecule has 0 saturated heterocycles. The third-order valence-corrected chi connectivity index (χ3v) is 3.11. The van der Waals surface area contributed by atoms with Gasteiger partial charge in [-0.15, -0.1) is 0 Å². The monoisotopic (exact) mass is 275 g/mol. The van der Waals surface area contributed by atoms with Crippen LogP contribution in [0.15, 0.2) is 36.4 Å². The molecule has 0 heterocycles. The van der Waals surface area contributed by atoms with Gasteiger partial charge in [0, 0.05) is 5.56 Å². The van der Waals surface area contributed by atoms with Crippen molar-refractivity contribution in [3.8, 4) is 22.6 Å². The molecule has 2 N–H and O–H groups in total. The van der Waals surface area contributed by atoms with Crippen LogP contribution in [-0.2, 0) is 6.42 Å². The second-order valence-corrected chi connectivity index (χ2v) is 4.43. The molecule has 0 aliphatic rings. The summed E-state index contributed by atoms with van der Waals surface area (Å²) in [7, 11) is 3.16. The molecule has 0 aliphatic heterocycles. The van der Waals surface area contributed by atoms with E-state index in [2.05, 4.69) is 0 Å². The van der Waals surface area contributed by atoms with Gasteiger partial charge in [-0.3, -0.25) is 0 Å². The minimum Gasteiger partial charge on any atom is -0.493 e. The normalized spacial score (nSPS) is 10.4. The first-order valence-electron chi connectivity index (χ1n) is 6.40. The first-order chi connectivity index (χ1) is 9.69. The molecule has 0 aromatic heterocycles. The standard InChI is InChI=1S/C16H18FNO2/c1-19-15-9-11(6-7-18)8-14(16(15)20-2)12-4-3-5-13(17)10-12/h3-5,8-10H,6-7,18H2,1-2H3. The Morgan fingerprint density at radius 1 is 1.10 bits per heavy atom. The van der Waals surface area contributed by atoms with Crippen molar-refractivity contribution in [3.63, 3.8) is 0 Å². The van der Waals surface area contributed by atoms with Crippen molar-refractivity contribution >= 4 is 0 Å². The Kier molecular flexibility index (Phi) is 4.58. The van der Waals surface area contributed by atoms with Crippen LogP contribution in [0.1, 0.15) is 5.56 Å². The topological polar surface area (TPSA) is 44.5 Å². The number of rotatable bonds is 5. The van der Waals surface area contributed by atoms with Gasteiger partial charge < -0.3 is 15.2 Å². The maximum absolute atomic E-state index is 13.4.